The van der Waals surface area contributed by atoms with Gasteiger partial charge in [0, 0.05) is 18.4 Å². The molecule has 4 heteroatoms. The first-order chi connectivity index (χ1) is 9.18. The highest BCUT2D eigenvalue weighted by molar-refractivity contribution is 6.11. The highest BCUT2D eigenvalue weighted by Gasteiger charge is 2.24. The van der Waals surface area contributed by atoms with Crippen LogP contribution in [0.5, 0.6) is 0 Å². The minimum atomic E-state index is -0.949. The molecule has 1 aliphatic heterocycles. The van der Waals surface area contributed by atoms with E-state index < -0.39 is 5.97 Å². The summed E-state index contributed by atoms with van der Waals surface area (Å²) in [6.45, 7) is 0.704. The van der Waals surface area contributed by atoms with Gasteiger partial charge in [-0.3, -0.25) is 4.79 Å². The van der Waals surface area contributed by atoms with Crippen molar-refractivity contribution in [3.8, 4) is 0 Å². The molecule has 96 valence electrons. The monoisotopic (exact) mass is 255 g/mol. The van der Waals surface area contributed by atoms with E-state index in [-0.39, 0.29) is 11.5 Å². The molecule has 2 aromatic carbocycles. The second-order valence-electron chi connectivity index (χ2n) is 4.63. The summed E-state index contributed by atoms with van der Waals surface area (Å²) in [5.74, 6) is -0.844. The third-order valence-electron chi connectivity index (χ3n) is 3.50. The molecule has 1 heterocycles. The molecule has 1 N–H and O–H groups in total. The number of carbonyl (C=O) groups is 2. The smallest absolute Gasteiger partial charge is 0.336 e. The standard InChI is InChI=1S/C15H13NO3/c17-14-6-3-9-16(14)13-8-7-12(15(18)19)10-4-1-2-5-11(10)13/h1-2,4-5,7-8H,3,6,9H2,(H,18,19). The molecule has 1 fully saturated rings. The second kappa shape index (κ2) is 4.39. The fraction of sp³-hybridized carbons (Fsp3) is 0.200. The average molecular weight is 255 g/mol. The van der Waals surface area contributed by atoms with Crippen LogP contribution in [-0.2, 0) is 4.79 Å². The largest absolute Gasteiger partial charge is 0.478 e. The van der Waals surface area contributed by atoms with Gasteiger partial charge >= 0.3 is 5.97 Å². The van der Waals surface area contributed by atoms with Gasteiger partial charge < -0.3 is 10.0 Å². The zero-order valence-electron chi connectivity index (χ0n) is 10.3. The summed E-state index contributed by atoms with van der Waals surface area (Å²) in [5, 5.41) is 10.7. The average Bonchev–Trinajstić information content (AvgIpc) is 2.83. The van der Waals surface area contributed by atoms with Crippen LogP contribution in [0.4, 0.5) is 5.69 Å². The van der Waals surface area contributed by atoms with Gasteiger partial charge in [-0.25, -0.2) is 4.79 Å². The summed E-state index contributed by atoms with van der Waals surface area (Å²) >= 11 is 0. The first kappa shape index (κ1) is 11.7. The van der Waals surface area contributed by atoms with Crippen molar-refractivity contribution >= 4 is 28.3 Å². The predicted molar refractivity (Wildman–Crippen MR) is 72.5 cm³/mol. The lowest BCUT2D eigenvalue weighted by Gasteiger charge is -2.18. The van der Waals surface area contributed by atoms with Crippen molar-refractivity contribution in [2.24, 2.45) is 0 Å². The molecule has 0 saturated carbocycles. The number of carboxylic acids is 1. The Hall–Kier alpha value is -2.36. The van der Waals surface area contributed by atoms with E-state index in [2.05, 4.69) is 0 Å². The molecule has 0 atom stereocenters. The second-order valence-corrected chi connectivity index (χ2v) is 4.63. The van der Waals surface area contributed by atoms with Crippen LogP contribution in [0.25, 0.3) is 10.8 Å². The lowest BCUT2D eigenvalue weighted by Crippen LogP contribution is -2.24. The maximum Gasteiger partial charge on any atom is 0.336 e. The van der Waals surface area contributed by atoms with Crippen LogP contribution in [0.2, 0.25) is 0 Å². The Bertz CT molecular complexity index is 678. The van der Waals surface area contributed by atoms with Crippen molar-refractivity contribution in [3.63, 3.8) is 0 Å². The van der Waals surface area contributed by atoms with Crippen molar-refractivity contribution < 1.29 is 14.7 Å². The van der Waals surface area contributed by atoms with E-state index in [4.69, 9.17) is 0 Å². The number of carbonyl (C=O) groups excluding carboxylic acids is 1. The molecule has 19 heavy (non-hydrogen) atoms. The number of hydrogen-bond acceptors (Lipinski definition) is 2. The first-order valence-corrected chi connectivity index (χ1v) is 6.24. The Morgan fingerprint density at radius 1 is 1.11 bits per heavy atom. The van der Waals surface area contributed by atoms with Crippen molar-refractivity contribution in [2.75, 3.05) is 11.4 Å². The molecular formula is C15H13NO3. The Kier molecular flexibility index (Phi) is 2.71. The van der Waals surface area contributed by atoms with Gasteiger partial charge in [-0.05, 0) is 23.9 Å². The number of benzene rings is 2. The van der Waals surface area contributed by atoms with Gasteiger partial charge in [0.25, 0.3) is 0 Å². The molecule has 0 unspecified atom stereocenters. The van der Waals surface area contributed by atoms with Gasteiger partial charge in [0.15, 0.2) is 0 Å². The molecule has 1 amide bonds. The van der Waals surface area contributed by atoms with Gasteiger partial charge in [0.2, 0.25) is 5.91 Å². The van der Waals surface area contributed by atoms with Crippen LogP contribution in [0.15, 0.2) is 36.4 Å². The highest BCUT2D eigenvalue weighted by atomic mass is 16.4. The van der Waals surface area contributed by atoms with Crippen LogP contribution in [0.1, 0.15) is 23.2 Å². The lowest BCUT2D eigenvalue weighted by molar-refractivity contribution is -0.117. The van der Waals surface area contributed by atoms with Crippen molar-refractivity contribution in [3.05, 3.63) is 42.0 Å². The molecule has 0 aromatic heterocycles. The summed E-state index contributed by atoms with van der Waals surface area (Å²) in [6, 6.07) is 10.6. The zero-order valence-corrected chi connectivity index (χ0v) is 10.3. The molecule has 1 saturated heterocycles. The molecule has 0 spiro atoms. The molecule has 0 aliphatic carbocycles. The van der Waals surface area contributed by atoms with E-state index in [9.17, 15) is 14.7 Å². The Labute approximate surface area is 110 Å². The summed E-state index contributed by atoms with van der Waals surface area (Å²) < 4.78 is 0. The molecule has 0 bridgehead atoms. The Morgan fingerprint density at radius 3 is 2.47 bits per heavy atom. The third-order valence-corrected chi connectivity index (χ3v) is 3.50. The SMILES string of the molecule is O=C(O)c1ccc(N2CCCC2=O)c2ccccc12. The van der Waals surface area contributed by atoms with E-state index in [1.165, 1.54) is 0 Å². The number of hydrogen-bond donors (Lipinski definition) is 1. The molecule has 3 rings (SSSR count). The predicted octanol–water partition coefficient (Wildman–Crippen LogP) is 2.66. The fourth-order valence-corrected chi connectivity index (χ4v) is 2.61. The van der Waals surface area contributed by atoms with Gasteiger partial charge in [0.05, 0.1) is 11.3 Å². The minimum Gasteiger partial charge on any atom is -0.478 e. The maximum absolute atomic E-state index is 11.8. The van der Waals surface area contributed by atoms with Crippen molar-refractivity contribution in [1.29, 1.82) is 0 Å². The van der Waals surface area contributed by atoms with Crippen LogP contribution in [0.3, 0.4) is 0 Å². The molecule has 1 aliphatic rings. The number of amides is 1. The van der Waals surface area contributed by atoms with E-state index in [1.807, 2.05) is 18.2 Å². The highest BCUT2D eigenvalue weighted by Crippen LogP contribution is 2.32. The Morgan fingerprint density at radius 2 is 1.84 bits per heavy atom. The van der Waals surface area contributed by atoms with Crippen LogP contribution >= 0.6 is 0 Å². The minimum absolute atomic E-state index is 0.105. The summed E-state index contributed by atoms with van der Waals surface area (Å²) in [7, 11) is 0. The van der Waals surface area contributed by atoms with E-state index >= 15 is 0 Å². The normalized spacial score (nSPS) is 15.2. The number of aromatic carboxylic acids is 1. The van der Waals surface area contributed by atoms with Crippen LogP contribution in [0, 0.1) is 0 Å². The number of anilines is 1. The molecule has 4 nitrogen and oxygen atoms in total. The number of fused-ring (bicyclic) bond motifs is 1. The Balaban J connectivity index is 2.25. The zero-order chi connectivity index (χ0) is 13.4. The van der Waals surface area contributed by atoms with Crippen LogP contribution < -0.4 is 4.90 Å². The molecule has 0 radical (unpaired) electrons. The summed E-state index contributed by atoms with van der Waals surface area (Å²) in [4.78, 5) is 24.8. The number of nitrogens with zero attached hydrogens (tertiary/aromatic N) is 1. The topological polar surface area (TPSA) is 57.6 Å². The lowest BCUT2D eigenvalue weighted by atomic mass is 10.0. The quantitative estimate of drug-likeness (QED) is 0.897. The van der Waals surface area contributed by atoms with Crippen molar-refractivity contribution in [2.45, 2.75) is 12.8 Å². The summed E-state index contributed by atoms with van der Waals surface area (Å²) in [6.07, 6.45) is 1.42. The molecular weight excluding hydrogens is 242 g/mol. The van der Waals surface area contributed by atoms with E-state index in [0.717, 1.165) is 17.5 Å². The molecule has 2 aromatic rings. The van der Waals surface area contributed by atoms with Crippen LogP contribution in [-0.4, -0.2) is 23.5 Å². The van der Waals surface area contributed by atoms with Gasteiger partial charge in [-0.2, -0.15) is 0 Å². The summed E-state index contributed by atoms with van der Waals surface area (Å²) in [5.41, 5.74) is 1.08. The third kappa shape index (κ3) is 1.85. The van der Waals surface area contributed by atoms with Gasteiger partial charge in [-0.1, -0.05) is 24.3 Å². The van der Waals surface area contributed by atoms with Gasteiger partial charge in [0.1, 0.15) is 0 Å². The van der Waals surface area contributed by atoms with E-state index in [0.29, 0.717) is 18.4 Å². The van der Waals surface area contributed by atoms with Crippen molar-refractivity contribution in [1.82, 2.24) is 0 Å². The number of rotatable bonds is 2. The fourth-order valence-electron chi connectivity index (χ4n) is 2.61. The number of carboxylic acid groups (broad SMARTS) is 1. The first-order valence-electron chi connectivity index (χ1n) is 6.24. The maximum atomic E-state index is 11.8. The van der Waals surface area contributed by atoms with E-state index in [1.54, 1.807) is 23.1 Å². The van der Waals surface area contributed by atoms with Gasteiger partial charge in [-0.15, -0.1) is 0 Å².